The van der Waals surface area contributed by atoms with E-state index in [2.05, 4.69) is 4.98 Å². The molecule has 0 aliphatic carbocycles. The molecule has 0 unspecified atom stereocenters. The smallest absolute Gasteiger partial charge is 0.255 e. The molecule has 0 radical (unpaired) electrons. The zero-order chi connectivity index (χ0) is 14.0. The number of amides is 1. The van der Waals surface area contributed by atoms with Crippen molar-refractivity contribution in [2.45, 2.75) is 43.6 Å². The summed E-state index contributed by atoms with van der Waals surface area (Å²) in [7, 11) is -0.965. The van der Waals surface area contributed by atoms with Crippen LogP contribution in [0.2, 0.25) is 24.2 Å². The predicted molar refractivity (Wildman–Crippen MR) is 80.3 cm³/mol. The molecule has 20 heavy (non-hydrogen) atoms. The second-order valence-electron chi connectivity index (χ2n) is 6.20. The SMILES string of the molecule is O=C(c1ccc(CO)nc1)N1CC[Si]2(CCCC2)CC1. The number of pyridine rings is 1. The van der Waals surface area contributed by atoms with E-state index in [4.69, 9.17) is 5.11 Å². The Morgan fingerprint density at radius 2 is 1.90 bits per heavy atom. The standard InChI is InChI=1S/C15H22N2O2Si/c18-12-14-4-3-13(11-16-14)15(19)17-5-9-20(10-6-17)7-1-2-8-20/h3-4,11,18H,1-2,5-10,12H2. The van der Waals surface area contributed by atoms with Crippen LogP contribution in [-0.4, -0.2) is 42.1 Å². The lowest BCUT2D eigenvalue weighted by Gasteiger charge is -2.38. The van der Waals surface area contributed by atoms with Gasteiger partial charge in [0, 0.05) is 19.3 Å². The molecular formula is C15H22N2O2Si. The maximum Gasteiger partial charge on any atom is 0.255 e. The lowest BCUT2D eigenvalue weighted by atomic mass is 10.2. The lowest BCUT2D eigenvalue weighted by Crippen LogP contribution is -2.47. The molecule has 0 atom stereocenters. The highest BCUT2D eigenvalue weighted by molar-refractivity contribution is 6.80. The van der Waals surface area contributed by atoms with Crippen molar-refractivity contribution >= 4 is 14.0 Å². The molecule has 1 aromatic rings. The van der Waals surface area contributed by atoms with E-state index < -0.39 is 8.07 Å². The molecule has 2 fully saturated rings. The van der Waals surface area contributed by atoms with Crippen LogP contribution < -0.4 is 0 Å². The summed E-state index contributed by atoms with van der Waals surface area (Å²) in [6.45, 7) is 1.80. The van der Waals surface area contributed by atoms with E-state index in [9.17, 15) is 4.79 Å². The van der Waals surface area contributed by atoms with Crippen LogP contribution in [0.1, 0.15) is 28.9 Å². The molecular weight excluding hydrogens is 268 g/mol. The summed E-state index contributed by atoms with van der Waals surface area (Å²) in [6.07, 6.45) is 4.44. The molecule has 108 valence electrons. The third kappa shape index (κ3) is 2.65. The third-order valence-corrected chi connectivity index (χ3v) is 10.4. The molecule has 1 amide bonds. The van der Waals surface area contributed by atoms with E-state index >= 15 is 0 Å². The van der Waals surface area contributed by atoms with E-state index in [-0.39, 0.29) is 12.5 Å². The number of aromatic nitrogens is 1. The highest BCUT2D eigenvalue weighted by atomic mass is 28.3. The molecule has 1 spiro atoms. The van der Waals surface area contributed by atoms with Crippen molar-refractivity contribution in [3.8, 4) is 0 Å². The van der Waals surface area contributed by atoms with Gasteiger partial charge in [-0.3, -0.25) is 9.78 Å². The fourth-order valence-electron chi connectivity index (χ4n) is 3.64. The zero-order valence-electron chi connectivity index (χ0n) is 11.8. The number of aliphatic hydroxyl groups is 1. The first-order chi connectivity index (χ1) is 9.72. The third-order valence-electron chi connectivity index (χ3n) is 5.01. The first-order valence-electron chi connectivity index (χ1n) is 7.58. The molecule has 4 nitrogen and oxygen atoms in total. The average Bonchev–Trinajstić information content (AvgIpc) is 2.96. The Hall–Kier alpha value is -1.20. The first kappa shape index (κ1) is 13.8. The number of carbonyl (C=O) groups is 1. The minimum absolute atomic E-state index is 0.0771. The quantitative estimate of drug-likeness (QED) is 0.850. The summed E-state index contributed by atoms with van der Waals surface area (Å²) >= 11 is 0. The fraction of sp³-hybridized carbons (Fsp3) is 0.600. The number of nitrogens with zero attached hydrogens (tertiary/aromatic N) is 2. The van der Waals surface area contributed by atoms with Gasteiger partial charge in [-0.2, -0.15) is 0 Å². The molecule has 0 bridgehead atoms. The van der Waals surface area contributed by atoms with Crippen molar-refractivity contribution in [2.24, 2.45) is 0 Å². The Morgan fingerprint density at radius 1 is 1.20 bits per heavy atom. The van der Waals surface area contributed by atoms with Gasteiger partial charge in [0.05, 0.1) is 25.9 Å². The van der Waals surface area contributed by atoms with Crippen LogP contribution >= 0.6 is 0 Å². The Labute approximate surface area is 120 Å². The highest BCUT2D eigenvalue weighted by Gasteiger charge is 2.39. The summed E-state index contributed by atoms with van der Waals surface area (Å²) in [6, 6.07) is 9.06. The Kier molecular flexibility index (Phi) is 3.89. The van der Waals surface area contributed by atoms with E-state index in [1.807, 2.05) is 4.90 Å². The minimum Gasteiger partial charge on any atom is -0.390 e. The van der Waals surface area contributed by atoms with Crippen LogP contribution in [0.4, 0.5) is 0 Å². The van der Waals surface area contributed by atoms with Crippen molar-refractivity contribution in [1.29, 1.82) is 0 Å². The second kappa shape index (κ2) is 5.66. The zero-order valence-corrected chi connectivity index (χ0v) is 12.8. The van der Waals surface area contributed by atoms with Crippen molar-refractivity contribution in [1.82, 2.24) is 9.88 Å². The second-order valence-corrected chi connectivity index (χ2v) is 11.2. The largest absolute Gasteiger partial charge is 0.390 e. The van der Waals surface area contributed by atoms with E-state index in [1.54, 1.807) is 18.3 Å². The van der Waals surface area contributed by atoms with Crippen LogP contribution in [0.25, 0.3) is 0 Å². The molecule has 0 aromatic carbocycles. The first-order valence-corrected chi connectivity index (χ1v) is 10.4. The molecule has 2 aliphatic heterocycles. The van der Waals surface area contributed by atoms with Gasteiger partial charge in [0.25, 0.3) is 5.91 Å². The maximum atomic E-state index is 12.4. The van der Waals surface area contributed by atoms with Gasteiger partial charge in [0.1, 0.15) is 0 Å². The maximum absolute atomic E-state index is 12.4. The van der Waals surface area contributed by atoms with E-state index in [0.29, 0.717) is 11.3 Å². The van der Waals surface area contributed by atoms with Crippen LogP contribution in [-0.2, 0) is 6.61 Å². The number of rotatable bonds is 2. The Balaban J connectivity index is 1.63. The van der Waals surface area contributed by atoms with Gasteiger partial charge in [-0.15, -0.1) is 0 Å². The van der Waals surface area contributed by atoms with Gasteiger partial charge < -0.3 is 10.0 Å². The van der Waals surface area contributed by atoms with Gasteiger partial charge in [0.2, 0.25) is 0 Å². The lowest BCUT2D eigenvalue weighted by molar-refractivity contribution is 0.0764. The van der Waals surface area contributed by atoms with Gasteiger partial charge in [-0.25, -0.2) is 0 Å². The number of aliphatic hydroxyl groups excluding tert-OH is 1. The Morgan fingerprint density at radius 3 is 2.45 bits per heavy atom. The highest BCUT2D eigenvalue weighted by Crippen LogP contribution is 2.39. The average molecular weight is 290 g/mol. The van der Waals surface area contributed by atoms with Crippen molar-refractivity contribution in [3.05, 3.63) is 29.6 Å². The molecule has 5 heteroatoms. The predicted octanol–water partition coefficient (Wildman–Crippen LogP) is 2.27. The van der Waals surface area contributed by atoms with Gasteiger partial charge >= 0.3 is 0 Å². The summed E-state index contributed by atoms with van der Waals surface area (Å²) < 4.78 is 0. The molecule has 3 heterocycles. The fourth-order valence-corrected chi connectivity index (χ4v) is 8.62. The van der Waals surface area contributed by atoms with Crippen LogP contribution in [0, 0.1) is 0 Å². The summed E-state index contributed by atoms with van der Waals surface area (Å²) in [5.74, 6) is 0.101. The van der Waals surface area contributed by atoms with Gasteiger partial charge in [-0.05, 0) is 24.2 Å². The van der Waals surface area contributed by atoms with Crippen molar-refractivity contribution < 1.29 is 9.90 Å². The molecule has 1 N–H and O–H groups in total. The monoisotopic (exact) mass is 290 g/mol. The molecule has 0 saturated carbocycles. The molecule has 2 aliphatic rings. The number of hydrogen-bond acceptors (Lipinski definition) is 3. The van der Waals surface area contributed by atoms with Crippen molar-refractivity contribution in [2.75, 3.05) is 13.1 Å². The summed E-state index contributed by atoms with van der Waals surface area (Å²) in [5, 5.41) is 8.98. The van der Waals surface area contributed by atoms with E-state index in [1.165, 1.54) is 37.0 Å². The Bertz CT molecular complexity index is 473. The van der Waals surface area contributed by atoms with E-state index in [0.717, 1.165) is 13.1 Å². The van der Waals surface area contributed by atoms with Gasteiger partial charge in [-0.1, -0.05) is 24.9 Å². The summed E-state index contributed by atoms with van der Waals surface area (Å²) in [5.41, 5.74) is 1.25. The molecule has 2 saturated heterocycles. The number of carbonyl (C=O) groups excluding carboxylic acids is 1. The summed E-state index contributed by atoms with van der Waals surface area (Å²) in [4.78, 5) is 18.5. The molecule has 1 aromatic heterocycles. The topological polar surface area (TPSA) is 53.4 Å². The van der Waals surface area contributed by atoms with Crippen LogP contribution in [0.15, 0.2) is 18.3 Å². The number of hydrogen-bond donors (Lipinski definition) is 1. The van der Waals surface area contributed by atoms with Crippen LogP contribution in [0.3, 0.4) is 0 Å². The van der Waals surface area contributed by atoms with Crippen LogP contribution in [0.5, 0.6) is 0 Å². The van der Waals surface area contributed by atoms with Gasteiger partial charge in [0.15, 0.2) is 0 Å². The molecule has 3 rings (SSSR count). The minimum atomic E-state index is -0.965. The normalized spacial score (nSPS) is 21.4. The van der Waals surface area contributed by atoms with Crippen molar-refractivity contribution in [3.63, 3.8) is 0 Å².